The Hall–Kier alpha value is -1.42. The molecular formula is C15H25IN4O3. The molecule has 0 spiro atoms. The van der Waals surface area contributed by atoms with Crippen molar-refractivity contribution >= 4 is 35.6 Å². The number of rotatable bonds is 9. The number of hydrogen-bond donors (Lipinski definition) is 2. The van der Waals surface area contributed by atoms with E-state index in [2.05, 4.69) is 15.6 Å². The molecule has 1 aromatic rings. The van der Waals surface area contributed by atoms with Crippen molar-refractivity contribution in [2.24, 2.45) is 4.99 Å². The lowest BCUT2D eigenvalue weighted by Crippen LogP contribution is -2.37. The molecule has 1 aromatic carbocycles. The molecule has 0 atom stereocenters. The quantitative estimate of drug-likeness (QED) is 0.155. The number of nitro groups is 1. The van der Waals surface area contributed by atoms with E-state index in [-0.39, 0.29) is 29.7 Å². The second-order valence-corrected chi connectivity index (χ2v) is 4.68. The maximum absolute atomic E-state index is 10.6. The van der Waals surface area contributed by atoms with E-state index in [4.69, 9.17) is 4.74 Å². The van der Waals surface area contributed by atoms with Gasteiger partial charge in [0, 0.05) is 45.5 Å². The van der Waals surface area contributed by atoms with Gasteiger partial charge in [0.05, 0.1) is 4.92 Å². The SMILES string of the molecule is CCOCCCCNC(=NC)NCc1ccc([N+](=O)[O-])cc1.I. The van der Waals surface area contributed by atoms with Crippen molar-refractivity contribution in [2.75, 3.05) is 26.8 Å². The molecule has 0 aliphatic heterocycles. The lowest BCUT2D eigenvalue weighted by atomic mass is 10.2. The second-order valence-electron chi connectivity index (χ2n) is 4.68. The van der Waals surface area contributed by atoms with Crippen LogP contribution in [-0.2, 0) is 11.3 Å². The molecule has 23 heavy (non-hydrogen) atoms. The number of hydrogen-bond acceptors (Lipinski definition) is 4. The van der Waals surface area contributed by atoms with E-state index in [1.165, 1.54) is 12.1 Å². The van der Waals surface area contributed by atoms with Crippen molar-refractivity contribution in [3.05, 3.63) is 39.9 Å². The number of non-ortho nitro benzene ring substituents is 1. The number of nitro benzene ring substituents is 1. The van der Waals surface area contributed by atoms with Crippen LogP contribution in [0.3, 0.4) is 0 Å². The first-order valence-corrected chi connectivity index (χ1v) is 7.43. The topological polar surface area (TPSA) is 88.8 Å². The average Bonchev–Trinajstić information content (AvgIpc) is 2.54. The summed E-state index contributed by atoms with van der Waals surface area (Å²) in [6, 6.07) is 6.48. The summed E-state index contributed by atoms with van der Waals surface area (Å²) in [5.74, 6) is 0.717. The third-order valence-electron chi connectivity index (χ3n) is 3.04. The molecular weight excluding hydrogens is 411 g/mol. The van der Waals surface area contributed by atoms with Crippen LogP contribution in [-0.4, -0.2) is 37.7 Å². The minimum Gasteiger partial charge on any atom is -0.382 e. The summed E-state index contributed by atoms with van der Waals surface area (Å²) in [6.45, 7) is 4.92. The normalized spacial score (nSPS) is 10.8. The molecule has 0 saturated carbocycles. The van der Waals surface area contributed by atoms with E-state index in [9.17, 15) is 10.1 Å². The first-order chi connectivity index (χ1) is 10.7. The number of guanidine groups is 1. The van der Waals surface area contributed by atoms with Gasteiger partial charge < -0.3 is 15.4 Å². The second kappa shape index (κ2) is 13.1. The van der Waals surface area contributed by atoms with Crippen LogP contribution in [0.1, 0.15) is 25.3 Å². The van der Waals surface area contributed by atoms with E-state index in [1.807, 2.05) is 6.92 Å². The molecule has 0 aliphatic carbocycles. The largest absolute Gasteiger partial charge is 0.382 e. The highest BCUT2D eigenvalue weighted by atomic mass is 127. The van der Waals surface area contributed by atoms with Crippen LogP contribution < -0.4 is 10.6 Å². The first-order valence-electron chi connectivity index (χ1n) is 7.43. The highest BCUT2D eigenvalue weighted by Crippen LogP contribution is 2.11. The van der Waals surface area contributed by atoms with Crippen LogP contribution in [0.5, 0.6) is 0 Å². The molecule has 0 fully saturated rings. The summed E-state index contributed by atoms with van der Waals surface area (Å²) in [7, 11) is 1.71. The molecule has 0 bridgehead atoms. The van der Waals surface area contributed by atoms with Crippen molar-refractivity contribution in [3.63, 3.8) is 0 Å². The zero-order chi connectivity index (χ0) is 16.2. The van der Waals surface area contributed by atoms with Crippen LogP contribution in [0.4, 0.5) is 5.69 Å². The highest BCUT2D eigenvalue weighted by molar-refractivity contribution is 14.0. The Balaban J connectivity index is 0.00000484. The minimum absolute atomic E-state index is 0. The molecule has 0 heterocycles. The molecule has 1 rings (SSSR count). The number of nitrogens with one attached hydrogen (secondary N) is 2. The van der Waals surface area contributed by atoms with Gasteiger partial charge in [0.1, 0.15) is 0 Å². The van der Waals surface area contributed by atoms with Gasteiger partial charge in [0.15, 0.2) is 5.96 Å². The van der Waals surface area contributed by atoms with Gasteiger partial charge in [-0.1, -0.05) is 12.1 Å². The van der Waals surface area contributed by atoms with Crippen LogP contribution >= 0.6 is 24.0 Å². The number of unbranched alkanes of at least 4 members (excludes halogenated alkanes) is 1. The van der Waals surface area contributed by atoms with Gasteiger partial charge in [0.2, 0.25) is 0 Å². The summed E-state index contributed by atoms with van der Waals surface area (Å²) in [4.78, 5) is 14.3. The third-order valence-corrected chi connectivity index (χ3v) is 3.04. The predicted octanol–water partition coefficient (Wildman–Crippen LogP) is 2.69. The van der Waals surface area contributed by atoms with Gasteiger partial charge in [-0.3, -0.25) is 15.1 Å². The van der Waals surface area contributed by atoms with Gasteiger partial charge in [0.25, 0.3) is 5.69 Å². The number of nitrogens with zero attached hydrogens (tertiary/aromatic N) is 2. The molecule has 8 heteroatoms. The Morgan fingerprint density at radius 2 is 1.96 bits per heavy atom. The number of ether oxygens (including phenoxy) is 1. The minimum atomic E-state index is -0.403. The number of aliphatic imine (C=N–C) groups is 1. The first kappa shape index (κ1) is 21.6. The Bertz CT molecular complexity index is 480. The third kappa shape index (κ3) is 9.34. The predicted molar refractivity (Wildman–Crippen MR) is 102 cm³/mol. The standard InChI is InChI=1S/C15H24N4O3.HI/c1-3-22-11-5-4-10-17-15(16-2)18-12-13-6-8-14(9-7-13)19(20)21;/h6-9H,3-5,10-12H2,1-2H3,(H2,16,17,18);1H. The number of benzene rings is 1. The average molecular weight is 436 g/mol. The van der Waals surface area contributed by atoms with E-state index in [0.717, 1.165) is 44.1 Å². The van der Waals surface area contributed by atoms with Crippen molar-refractivity contribution < 1.29 is 9.66 Å². The molecule has 0 amide bonds. The maximum atomic E-state index is 10.6. The summed E-state index contributed by atoms with van der Waals surface area (Å²) < 4.78 is 5.28. The summed E-state index contributed by atoms with van der Waals surface area (Å²) in [5, 5.41) is 17.0. The van der Waals surface area contributed by atoms with Crippen molar-refractivity contribution in [3.8, 4) is 0 Å². The van der Waals surface area contributed by atoms with Crippen molar-refractivity contribution in [2.45, 2.75) is 26.3 Å². The Morgan fingerprint density at radius 1 is 1.26 bits per heavy atom. The van der Waals surface area contributed by atoms with Gasteiger partial charge >= 0.3 is 0 Å². The Morgan fingerprint density at radius 3 is 2.52 bits per heavy atom. The van der Waals surface area contributed by atoms with Crippen LogP contribution in [0.25, 0.3) is 0 Å². The molecule has 0 saturated heterocycles. The fourth-order valence-corrected chi connectivity index (χ4v) is 1.82. The maximum Gasteiger partial charge on any atom is 0.269 e. The summed E-state index contributed by atoms with van der Waals surface area (Å²) in [5.41, 5.74) is 1.06. The smallest absolute Gasteiger partial charge is 0.269 e. The molecule has 130 valence electrons. The van der Waals surface area contributed by atoms with Crippen LogP contribution in [0.15, 0.2) is 29.3 Å². The van der Waals surface area contributed by atoms with E-state index >= 15 is 0 Å². The Kier molecular flexibility index (Phi) is 12.3. The Labute approximate surface area is 154 Å². The summed E-state index contributed by atoms with van der Waals surface area (Å²) in [6.07, 6.45) is 2.03. The van der Waals surface area contributed by atoms with Crippen molar-refractivity contribution in [1.29, 1.82) is 0 Å². The van der Waals surface area contributed by atoms with Gasteiger partial charge in [-0.05, 0) is 25.3 Å². The highest BCUT2D eigenvalue weighted by Gasteiger charge is 2.04. The molecule has 0 radical (unpaired) electrons. The van der Waals surface area contributed by atoms with Crippen LogP contribution in [0.2, 0.25) is 0 Å². The molecule has 0 aliphatic rings. The van der Waals surface area contributed by atoms with Gasteiger partial charge in [-0.25, -0.2) is 0 Å². The number of halogens is 1. The lowest BCUT2D eigenvalue weighted by Gasteiger charge is -2.11. The van der Waals surface area contributed by atoms with E-state index < -0.39 is 4.92 Å². The molecule has 2 N–H and O–H groups in total. The van der Waals surface area contributed by atoms with E-state index in [1.54, 1.807) is 19.2 Å². The van der Waals surface area contributed by atoms with Gasteiger partial charge in [-0.2, -0.15) is 0 Å². The fourth-order valence-electron chi connectivity index (χ4n) is 1.82. The van der Waals surface area contributed by atoms with E-state index in [0.29, 0.717) is 6.54 Å². The monoisotopic (exact) mass is 436 g/mol. The van der Waals surface area contributed by atoms with Crippen molar-refractivity contribution in [1.82, 2.24) is 10.6 Å². The fraction of sp³-hybridized carbons (Fsp3) is 0.533. The molecule has 7 nitrogen and oxygen atoms in total. The molecule has 0 unspecified atom stereocenters. The summed E-state index contributed by atoms with van der Waals surface area (Å²) >= 11 is 0. The van der Waals surface area contributed by atoms with Gasteiger partial charge in [-0.15, -0.1) is 24.0 Å². The van der Waals surface area contributed by atoms with Crippen LogP contribution in [0, 0.1) is 10.1 Å². The zero-order valence-corrected chi connectivity index (χ0v) is 15.9. The molecule has 0 aromatic heterocycles. The zero-order valence-electron chi connectivity index (χ0n) is 13.6. The lowest BCUT2D eigenvalue weighted by molar-refractivity contribution is -0.384.